The molecule has 0 unspecified atom stereocenters. The van der Waals surface area contributed by atoms with Crippen LogP contribution in [0.3, 0.4) is 0 Å². The van der Waals surface area contributed by atoms with Crippen molar-refractivity contribution in [3.05, 3.63) is 84.4 Å². The summed E-state index contributed by atoms with van der Waals surface area (Å²) in [6.07, 6.45) is -0.0680. The fourth-order valence-corrected chi connectivity index (χ4v) is 4.63. The number of nitrogens with one attached hydrogen (secondary N) is 2. The van der Waals surface area contributed by atoms with E-state index >= 15 is 0 Å². The number of hydrogen-bond acceptors (Lipinski definition) is 7. The maximum atomic E-state index is 12.4. The Balaban J connectivity index is 1.37. The summed E-state index contributed by atoms with van der Waals surface area (Å²) in [7, 11) is -7.38. The molecule has 0 aliphatic heterocycles. The van der Waals surface area contributed by atoms with Crippen LogP contribution in [0.25, 0.3) is 0 Å². The van der Waals surface area contributed by atoms with Crippen molar-refractivity contribution in [3.63, 3.8) is 0 Å². The van der Waals surface area contributed by atoms with Gasteiger partial charge in [0.2, 0.25) is 10.0 Å². The second kappa shape index (κ2) is 11.4. The molecular weight excluding hydrogens is 478 g/mol. The Morgan fingerprint density at radius 2 is 1.50 bits per heavy atom. The molecule has 0 bridgehead atoms. The van der Waals surface area contributed by atoms with Gasteiger partial charge in [-0.15, -0.1) is 0 Å². The molecule has 0 aromatic heterocycles. The Morgan fingerprint density at radius 1 is 0.853 bits per heavy atom. The fraction of sp³-hybridized carbons (Fsp3) is 0.217. The van der Waals surface area contributed by atoms with Gasteiger partial charge in [-0.1, -0.05) is 30.3 Å². The molecule has 0 amide bonds. The van der Waals surface area contributed by atoms with Gasteiger partial charge in [-0.05, 0) is 67.1 Å². The maximum absolute atomic E-state index is 12.4. The van der Waals surface area contributed by atoms with Crippen molar-refractivity contribution in [2.45, 2.75) is 22.3 Å². The smallest absolute Gasteiger partial charge is 0.261 e. The highest BCUT2D eigenvalue weighted by Crippen LogP contribution is 2.17. The van der Waals surface area contributed by atoms with Crippen LogP contribution in [0.1, 0.15) is 5.56 Å². The molecule has 3 rings (SSSR count). The minimum Gasteiger partial charge on any atom is -0.491 e. The zero-order valence-electron chi connectivity index (χ0n) is 18.3. The fourth-order valence-electron chi connectivity index (χ4n) is 3.03. The van der Waals surface area contributed by atoms with Gasteiger partial charge in [0.1, 0.15) is 18.5 Å². The van der Waals surface area contributed by atoms with Gasteiger partial charge < -0.3 is 15.2 Å². The Kier molecular flexibility index (Phi) is 8.64. The van der Waals surface area contributed by atoms with E-state index in [1.165, 1.54) is 36.4 Å². The first-order valence-electron chi connectivity index (χ1n) is 10.4. The van der Waals surface area contributed by atoms with Crippen molar-refractivity contribution < 1.29 is 26.7 Å². The predicted octanol–water partition coefficient (Wildman–Crippen LogP) is 1.71. The normalized spacial score (nSPS) is 12.8. The number of rotatable bonds is 12. The van der Waals surface area contributed by atoms with Crippen LogP contribution in [0.5, 0.6) is 5.75 Å². The van der Waals surface area contributed by atoms with Crippen LogP contribution in [0.4, 0.5) is 5.69 Å². The van der Waals surface area contributed by atoms with E-state index in [-0.39, 0.29) is 16.4 Å². The van der Waals surface area contributed by atoms with Crippen molar-refractivity contribution in [1.29, 1.82) is 0 Å². The second-order valence-electron chi connectivity index (χ2n) is 7.55. The molecule has 5 N–H and O–H groups in total. The van der Waals surface area contributed by atoms with Crippen molar-refractivity contribution in [3.8, 4) is 5.75 Å². The molecule has 11 heteroatoms. The van der Waals surface area contributed by atoms with Crippen molar-refractivity contribution in [1.82, 2.24) is 5.32 Å². The van der Waals surface area contributed by atoms with Crippen LogP contribution in [0, 0.1) is 0 Å². The van der Waals surface area contributed by atoms with E-state index in [0.29, 0.717) is 30.9 Å². The first-order valence-corrected chi connectivity index (χ1v) is 13.5. The minimum absolute atomic E-state index is 0.0105. The number of benzene rings is 3. The average molecular weight is 506 g/mol. The predicted molar refractivity (Wildman–Crippen MR) is 130 cm³/mol. The highest BCUT2D eigenvalue weighted by Gasteiger charge is 2.13. The monoisotopic (exact) mass is 505 g/mol. The molecular formula is C23H27N3O6S2. The molecule has 0 heterocycles. The molecule has 0 saturated heterocycles. The topological polar surface area (TPSA) is 148 Å². The van der Waals surface area contributed by atoms with Crippen molar-refractivity contribution >= 4 is 25.7 Å². The lowest BCUT2D eigenvalue weighted by Crippen LogP contribution is -2.32. The third kappa shape index (κ3) is 7.82. The number of nitrogens with two attached hydrogens (primary N) is 1. The van der Waals surface area contributed by atoms with Gasteiger partial charge in [0.15, 0.2) is 0 Å². The average Bonchev–Trinajstić information content (AvgIpc) is 2.81. The van der Waals surface area contributed by atoms with E-state index in [9.17, 15) is 21.9 Å². The molecule has 182 valence electrons. The Labute approximate surface area is 199 Å². The summed E-state index contributed by atoms with van der Waals surface area (Å²) in [5.74, 6) is 0.425. The van der Waals surface area contributed by atoms with E-state index in [2.05, 4.69) is 10.0 Å². The van der Waals surface area contributed by atoms with Crippen molar-refractivity contribution in [2.24, 2.45) is 5.14 Å². The van der Waals surface area contributed by atoms with E-state index in [0.717, 1.165) is 5.56 Å². The summed E-state index contributed by atoms with van der Waals surface area (Å²) in [5, 5.41) is 18.2. The molecule has 3 aromatic carbocycles. The number of primary sulfonamides is 1. The lowest BCUT2D eigenvalue weighted by Gasteiger charge is -2.14. The van der Waals surface area contributed by atoms with E-state index < -0.39 is 26.2 Å². The van der Waals surface area contributed by atoms with Crippen LogP contribution < -0.4 is 19.9 Å². The Morgan fingerprint density at radius 3 is 2.12 bits per heavy atom. The van der Waals surface area contributed by atoms with Crippen LogP contribution >= 0.6 is 0 Å². The molecule has 0 saturated carbocycles. The van der Waals surface area contributed by atoms with E-state index in [4.69, 9.17) is 9.88 Å². The number of sulfonamides is 2. The molecule has 0 aliphatic rings. The Bertz CT molecular complexity index is 1260. The lowest BCUT2D eigenvalue weighted by molar-refractivity contribution is 0.106. The lowest BCUT2D eigenvalue weighted by atomic mass is 10.1. The number of aliphatic hydroxyl groups is 1. The van der Waals surface area contributed by atoms with Gasteiger partial charge >= 0.3 is 0 Å². The second-order valence-corrected chi connectivity index (χ2v) is 10.8. The molecule has 1 atom stereocenters. The summed E-state index contributed by atoms with van der Waals surface area (Å²) < 4.78 is 55.3. The highest BCUT2D eigenvalue weighted by atomic mass is 32.2. The number of aliphatic hydroxyl groups excluding tert-OH is 1. The standard InChI is InChI=1S/C23H27N3O6S2/c24-33(28,29)22-12-10-21(11-13-22)32-17-20(27)16-25-15-14-18-6-8-19(9-7-18)26-34(30,31)23-4-2-1-3-5-23/h1-13,20,25-27H,14-17H2,(H2,24,28,29)/t20-/m0/s1. The van der Waals surface area contributed by atoms with Crippen LogP contribution in [0.2, 0.25) is 0 Å². The van der Waals surface area contributed by atoms with Crippen molar-refractivity contribution in [2.75, 3.05) is 24.4 Å². The van der Waals surface area contributed by atoms with Gasteiger partial charge in [0.05, 0.1) is 9.79 Å². The van der Waals surface area contributed by atoms with Crippen LogP contribution in [0.15, 0.2) is 88.7 Å². The third-order valence-corrected chi connectivity index (χ3v) is 7.15. The molecule has 0 aliphatic carbocycles. The molecule has 9 nitrogen and oxygen atoms in total. The zero-order valence-corrected chi connectivity index (χ0v) is 19.9. The molecule has 0 fully saturated rings. The van der Waals surface area contributed by atoms with E-state index in [1.807, 2.05) is 12.1 Å². The van der Waals surface area contributed by atoms with Gasteiger partial charge in [-0.25, -0.2) is 22.0 Å². The number of anilines is 1. The summed E-state index contributed by atoms with van der Waals surface area (Å²) in [6.45, 7) is 0.956. The van der Waals surface area contributed by atoms with Gasteiger partial charge in [0.25, 0.3) is 10.0 Å². The van der Waals surface area contributed by atoms with Gasteiger partial charge in [-0.2, -0.15) is 0 Å². The summed E-state index contributed by atoms with van der Waals surface area (Å²) in [6, 6.07) is 20.9. The summed E-state index contributed by atoms with van der Waals surface area (Å²) in [5.41, 5.74) is 1.49. The summed E-state index contributed by atoms with van der Waals surface area (Å²) >= 11 is 0. The molecule has 34 heavy (non-hydrogen) atoms. The van der Waals surface area contributed by atoms with Crippen LogP contribution in [-0.2, 0) is 26.5 Å². The minimum atomic E-state index is -3.76. The largest absolute Gasteiger partial charge is 0.491 e. The first kappa shape index (κ1) is 25.7. The third-order valence-electron chi connectivity index (χ3n) is 4.82. The quantitative estimate of drug-likeness (QED) is 0.274. The summed E-state index contributed by atoms with van der Waals surface area (Å²) in [4.78, 5) is 0.190. The SMILES string of the molecule is NS(=O)(=O)c1ccc(OC[C@@H](O)CNCCc2ccc(NS(=O)(=O)c3ccccc3)cc2)cc1. The van der Waals surface area contributed by atoms with Gasteiger partial charge in [-0.3, -0.25) is 4.72 Å². The zero-order chi connectivity index (χ0) is 24.6. The Hall–Kier alpha value is -2.96. The van der Waals surface area contributed by atoms with Crippen LogP contribution in [-0.4, -0.2) is 47.7 Å². The van der Waals surface area contributed by atoms with Gasteiger partial charge in [0, 0.05) is 12.2 Å². The maximum Gasteiger partial charge on any atom is 0.261 e. The first-order chi connectivity index (χ1) is 16.1. The molecule has 0 spiro atoms. The molecule has 0 radical (unpaired) electrons. The van der Waals surface area contributed by atoms with E-state index in [1.54, 1.807) is 30.3 Å². The number of hydrogen-bond donors (Lipinski definition) is 4. The number of ether oxygens (including phenoxy) is 1. The molecule has 3 aromatic rings. The highest BCUT2D eigenvalue weighted by molar-refractivity contribution is 7.92.